The van der Waals surface area contributed by atoms with Crippen LogP contribution in [0.4, 0.5) is 11.4 Å². The molecule has 0 saturated heterocycles. The fraction of sp³-hybridized carbons (Fsp3) is 0.727. The van der Waals surface area contributed by atoms with Crippen molar-refractivity contribution in [2.45, 2.75) is 128 Å². The molecule has 2 saturated carbocycles. The third-order valence-electron chi connectivity index (χ3n) is 13.7. The first-order valence-electron chi connectivity index (χ1n) is 21.4. The van der Waals surface area contributed by atoms with Crippen LogP contribution in [-0.2, 0) is 26.5 Å². The molecular formula is C44H72N6O6S2. The second kappa shape index (κ2) is 18.3. The van der Waals surface area contributed by atoms with Crippen molar-refractivity contribution in [2.75, 3.05) is 59.8 Å². The van der Waals surface area contributed by atoms with Crippen molar-refractivity contribution >= 4 is 48.3 Å². The molecule has 0 radical (unpaired) electrons. The van der Waals surface area contributed by atoms with Crippen LogP contribution in [0, 0.1) is 33.5 Å². The van der Waals surface area contributed by atoms with Crippen molar-refractivity contribution in [3.8, 4) is 0 Å². The number of benzene rings is 2. The third-order valence-corrected chi connectivity index (χ3v) is 17.9. The van der Waals surface area contributed by atoms with Gasteiger partial charge in [-0.1, -0.05) is 59.8 Å². The van der Waals surface area contributed by atoms with Gasteiger partial charge in [0.1, 0.15) is 10.4 Å². The lowest BCUT2D eigenvalue weighted by atomic mass is 9.65. The summed E-state index contributed by atoms with van der Waals surface area (Å²) in [5.74, 6) is 0.729. The lowest BCUT2D eigenvalue weighted by molar-refractivity contribution is 0.133. The molecule has 1 atom stereocenters. The summed E-state index contributed by atoms with van der Waals surface area (Å²) in [4.78, 5) is 17.2. The summed E-state index contributed by atoms with van der Waals surface area (Å²) in [6, 6.07) is 4.52. The maximum Gasteiger partial charge on any atom is 0.243 e. The summed E-state index contributed by atoms with van der Waals surface area (Å²) in [5, 5.41) is 14.9. The molecule has 14 heteroatoms. The van der Waals surface area contributed by atoms with Gasteiger partial charge in [-0.15, -0.1) is 4.91 Å². The molecule has 2 aromatic carbocycles. The van der Waals surface area contributed by atoms with E-state index in [1.165, 1.54) is 6.07 Å². The van der Waals surface area contributed by atoms with Gasteiger partial charge >= 0.3 is 0 Å². The summed E-state index contributed by atoms with van der Waals surface area (Å²) >= 11 is 0. The highest BCUT2D eigenvalue weighted by Crippen LogP contribution is 2.52. The highest BCUT2D eigenvalue weighted by Gasteiger charge is 2.52. The Hall–Kier alpha value is -2.46. The minimum Gasteiger partial charge on any atom is -0.309 e. The van der Waals surface area contributed by atoms with Crippen LogP contribution in [0.5, 0.6) is 0 Å². The van der Waals surface area contributed by atoms with E-state index >= 15 is 0 Å². The second-order valence-corrected chi connectivity index (χ2v) is 24.1. The topological polar surface area (TPSA) is 152 Å². The Morgan fingerprint density at radius 2 is 1.36 bits per heavy atom. The van der Waals surface area contributed by atoms with Gasteiger partial charge in [-0.2, -0.15) is 4.31 Å². The Labute approximate surface area is 349 Å². The van der Waals surface area contributed by atoms with Crippen LogP contribution >= 0.6 is 0 Å². The predicted molar refractivity (Wildman–Crippen MR) is 238 cm³/mol. The average molecular weight is 845 g/mol. The van der Waals surface area contributed by atoms with Gasteiger partial charge in [0.05, 0.1) is 10.6 Å². The first-order valence-corrected chi connectivity index (χ1v) is 24.4. The van der Waals surface area contributed by atoms with Crippen molar-refractivity contribution in [1.82, 2.24) is 18.8 Å². The quantitative estimate of drug-likeness (QED) is 0.0857. The second-order valence-electron chi connectivity index (χ2n) is 20.1. The molecule has 1 unspecified atom stereocenters. The number of sulfonamides is 2. The SMILES string of the molecule is CN(C)CCCNS(=O)(=O)C1(C2CCC(C(C)(C)C)CC2)C=Cc2c(c(N=O)c3cc(S(=O)(=O)N(CCCN(C)C)C4CCC(C(C)(C)C)CC4)ccc3c2NO)C1. The fourth-order valence-corrected chi connectivity index (χ4v) is 13.8. The van der Waals surface area contributed by atoms with E-state index < -0.39 is 24.8 Å². The summed E-state index contributed by atoms with van der Waals surface area (Å²) < 4.78 is 62.3. The molecule has 5 rings (SSSR count). The van der Waals surface area contributed by atoms with Crippen LogP contribution in [-0.4, -0.2) is 101 Å². The van der Waals surface area contributed by atoms with Crippen molar-refractivity contribution in [3.63, 3.8) is 0 Å². The normalized spacial score (nSPS) is 24.8. The molecule has 58 heavy (non-hydrogen) atoms. The van der Waals surface area contributed by atoms with E-state index in [1.54, 1.807) is 28.6 Å². The zero-order valence-corrected chi connectivity index (χ0v) is 38.5. The van der Waals surface area contributed by atoms with E-state index in [-0.39, 0.29) is 57.4 Å². The highest BCUT2D eigenvalue weighted by atomic mass is 32.2. The van der Waals surface area contributed by atoms with E-state index in [0.29, 0.717) is 60.6 Å². The molecule has 0 bridgehead atoms. The number of nitrogens with one attached hydrogen (secondary N) is 2. The molecule has 3 N–H and O–H groups in total. The van der Waals surface area contributed by atoms with Crippen LogP contribution in [0.1, 0.15) is 117 Å². The number of anilines is 1. The van der Waals surface area contributed by atoms with Crippen LogP contribution in [0.3, 0.4) is 0 Å². The molecule has 0 heterocycles. The predicted octanol–water partition coefficient (Wildman–Crippen LogP) is 8.62. The molecule has 3 aliphatic carbocycles. The standard InChI is InChI=1S/C44H72N6O6S2/c1-42(2,3)31-13-15-33(16-14-31)44(58(55,56)45-25-11-26-48(7)8)24-23-37-39(30-44)41(47-52)38-29-35(21-22-36(38)40(37)46-51)57(53,54)50(28-12-27-49(9)10)34-19-17-32(18-20-34)43(4,5)6/h21-24,29,31-34,45-46,51H,11-20,25-28,30H2,1-10H3. The lowest BCUT2D eigenvalue weighted by Crippen LogP contribution is -2.54. The molecule has 0 spiro atoms. The van der Waals surface area contributed by atoms with Gasteiger partial charge in [-0.3, -0.25) is 10.7 Å². The molecule has 0 aromatic heterocycles. The Balaban J connectivity index is 1.60. The monoisotopic (exact) mass is 844 g/mol. The summed E-state index contributed by atoms with van der Waals surface area (Å²) in [5.41, 5.74) is 3.71. The molecule has 3 aliphatic rings. The number of hydrogen-bond donors (Lipinski definition) is 3. The minimum atomic E-state index is -4.04. The van der Waals surface area contributed by atoms with Crippen LogP contribution in [0.25, 0.3) is 16.8 Å². The summed E-state index contributed by atoms with van der Waals surface area (Å²) in [7, 11) is -0.193. The molecule has 0 amide bonds. The van der Waals surface area contributed by atoms with Gasteiger partial charge in [0.2, 0.25) is 20.0 Å². The first-order chi connectivity index (χ1) is 27.1. The Morgan fingerprint density at radius 3 is 1.90 bits per heavy atom. The zero-order valence-electron chi connectivity index (χ0n) is 36.9. The van der Waals surface area contributed by atoms with Gasteiger partial charge < -0.3 is 9.80 Å². The molecular weight excluding hydrogens is 773 g/mol. The summed E-state index contributed by atoms with van der Waals surface area (Å²) in [6.45, 7) is 15.5. The van der Waals surface area contributed by atoms with Crippen molar-refractivity contribution in [2.24, 2.45) is 33.8 Å². The Bertz CT molecular complexity index is 2010. The maximum atomic E-state index is 14.8. The molecule has 0 aliphatic heterocycles. The number of rotatable bonds is 16. The van der Waals surface area contributed by atoms with Gasteiger partial charge in [-0.25, -0.2) is 21.6 Å². The van der Waals surface area contributed by atoms with E-state index in [9.17, 15) is 26.9 Å². The van der Waals surface area contributed by atoms with E-state index in [2.05, 4.69) is 61.8 Å². The highest BCUT2D eigenvalue weighted by molar-refractivity contribution is 7.91. The number of nitrogens with zero attached hydrogens (tertiary/aromatic N) is 4. The summed E-state index contributed by atoms with van der Waals surface area (Å²) in [6.07, 6.45) is 11.3. The number of fused-ring (bicyclic) bond motifs is 2. The Morgan fingerprint density at radius 1 is 0.793 bits per heavy atom. The van der Waals surface area contributed by atoms with Crippen LogP contribution in [0.2, 0.25) is 0 Å². The van der Waals surface area contributed by atoms with Crippen LogP contribution < -0.4 is 10.2 Å². The fourth-order valence-electron chi connectivity index (χ4n) is 10.1. The number of nitroso groups, excluding NO2 is 1. The van der Waals surface area contributed by atoms with Crippen LogP contribution in [0.15, 0.2) is 34.3 Å². The van der Waals surface area contributed by atoms with Crippen molar-refractivity contribution < 1.29 is 22.0 Å². The van der Waals surface area contributed by atoms with Gasteiger partial charge in [-0.05, 0) is 157 Å². The molecule has 326 valence electrons. The molecule has 12 nitrogen and oxygen atoms in total. The minimum absolute atomic E-state index is 0.00537. The zero-order chi connectivity index (χ0) is 42.8. The van der Waals surface area contributed by atoms with E-state index in [4.69, 9.17) is 0 Å². The molecule has 2 fully saturated rings. The van der Waals surface area contributed by atoms with Gasteiger partial charge in [0.15, 0.2) is 0 Å². The third kappa shape index (κ3) is 9.84. The molecule has 2 aromatic rings. The van der Waals surface area contributed by atoms with Crippen molar-refractivity contribution in [1.29, 1.82) is 0 Å². The van der Waals surface area contributed by atoms with Gasteiger partial charge in [0, 0.05) is 41.9 Å². The van der Waals surface area contributed by atoms with E-state index in [0.717, 1.165) is 51.6 Å². The van der Waals surface area contributed by atoms with E-state index in [1.807, 2.05) is 33.1 Å². The average Bonchev–Trinajstić information content (AvgIpc) is 3.15. The maximum absolute atomic E-state index is 14.8. The largest absolute Gasteiger partial charge is 0.309 e. The Kier molecular flexibility index (Phi) is 14.7. The van der Waals surface area contributed by atoms with Gasteiger partial charge in [0.25, 0.3) is 0 Å². The van der Waals surface area contributed by atoms with Crippen molar-refractivity contribution in [3.05, 3.63) is 40.3 Å². The first kappa shape index (κ1) is 46.6. The number of hydrogen-bond acceptors (Lipinski definition) is 10. The smallest absolute Gasteiger partial charge is 0.243 e. The lowest BCUT2D eigenvalue weighted by Gasteiger charge is -2.45.